The molecule has 2 N–H and O–H groups in total. The molecule has 1 aliphatic heterocycles. The highest BCUT2D eigenvalue weighted by Gasteiger charge is 2.32. The molecular formula is C25H42O7. The molecule has 7 heteroatoms. The third-order valence-corrected chi connectivity index (χ3v) is 6.24. The number of aliphatic carboxylic acids is 2. The molecule has 0 aliphatic carbocycles. The van der Waals surface area contributed by atoms with E-state index >= 15 is 0 Å². The van der Waals surface area contributed by atoms with Gasteiger partial charge in [-0.25, -0.2) is 0 Å². The maximum atomic E-state index is 12.6. The molecule has 7 nitrogen and oxygen atoms in total. The molecule has 0 aromatic rings. The fraction of sp³-hybridized carbons (Fsp3) is 0.800. The van der Waals surface area contributed by atoms with Crippen LogP contribution in [0.3, 0.4) is 0 Å². The van der Waals surface area contributed by atoms with E-state index in [1.807, 2.05) is 13.8 Å². The molecule has 0 aromatic carbocycles. The van der Waals surface area contributed by atoms with E-state index in [1.54, 1.807) is 6.92 Å². The van der Waals surface area contributed by atoms with Crippen molar-refractivity contribution in [2.24, 2.45) is 17.8 Å². The van der Waals surface area contributed by atoms with E-state index < -0.39 is 17.9 Å². The summed E-state index contributed by atoms with van der Waals surface area (Å²) in [5.74, 6) is -2.23. The second-order valence-corrected chi connectivity index (χ2v) is 9.54. The molecule has 184 valence electrons. The minimum atomic E-state index is -0.849. The number of carbonyl (C=O) groups is 3. The summed E-state index contributed by atoms with van der Waals surface area (Å²) in [5, 5.41) is 18.0. The van der Waals surface area contributed by atoms with Crippen molar-refractivity contribution in [3.8, 4) is 0 Å². The van der Waals surface area contributed by atoms with Crippen molar-refractivity contribution in [2.45, 2.75) is 110 Å². The minimum Gasteiger partial charge on any atom is -0.481 e. The van der Waals surface area contributed by atoms with E-state index in [-0.39, 0.29) is 36.6 Å². The second kappa shape index (κ2) is 14.3. The van der Waals surface area contributed by atoms with Crippen LogP contribution in [0.1, 0.15) is 91.9 Å². The van der Waals surface area contributed by atoms with Gasteiger partial charge in [0.05, 0.1) is 30.5 Å². The van der Waals surface area contributed by atoms with Crippen LogP contribution in [0.4, 0.5) is 0 Å². The number of carbonyl (C=O) groups excluding carboxylic acids is 1. The molecule has 0 aromatic heterocycles. The van der Waals surface area contributed by atoms with Gasteiger partial charge < -0.3 is 19.7 Å². The quantitative estimate of drug-likeness (QED) is 0.187. The lowest BCUT2D eigenvalue weighted by atomic mass is 9.95. The monoisotopic (exact) mass is 454 g/mol. The Balaban J connectivity index is 2.36. The number of ether oxygens (including phenoxy) is 2. The van der Waals surface area contributed by atoms with Gasteiger partial charge in [0.25, 0.3) is 0 Å². The number of hydrogen-bond donors (Lipinski definition) is 2. The first-order valence-corrected chi connectivity index (χ1v) is 12.0. The SMILES string of the molecule is C=C(CC(CCC)OC(=O)[C@@H](C)CCCC[C@@H]1O[C@@H](CC(=O)O)C[C@@H]1C)C[C@@H](C)C(=O)O. The highest BCUT2D eigenvalue weighted by atomic mass is 16.5. The van der Waals surface area contributed by atoms with Gasteiger partial charge in [0.1, 0.15) is 6.10 Å². The van der Waals surface area contributed by atoms with Crippen molar-refractivity contribution in [2.75, 3.05) is 0 Å². The van der Waals surface area contributed by atoms with Gasteiger partial charge in [0, 0.05) is 6.42 Å². The Labute approximate surface area is 192 Å². The molecule has 1 heterocycles. The molecule has 1 unspecified atom stereocenters. The molecule has 1 rings (SSSR count). The van der Waals surface area contributed by atoms with Crippen LogP contribution in [0.25, 0.3) is 0 Å². The average molecular weight is 455 g/mol. The lowest BCUT2D eigenvalue weighted by molar-refractivity contribution is -0.154. The molecule has 0 bridgehead atoms. The van der Waals surface area contributed by atoms with Crippen molar-refractivity contribution >= 4 is 17.9 Å². The van der Waals surface area contributed by atoms with Crippen molar-refractivity contribution in [3.05, 3.63) is 12.2 Å². The fourth-order valence-corrected chi connectivity index (χ4v) is 4.33. The van der Waals surface area contributed by atoms with Crippen LogP contribution in [0, 0.1) is 17.8 Å². The van der Waals surface area contributed by atoms with Crippen LogP contribution >= 0.6 is 0 Å². The first kappa shape index (κ1) is 28.1. The summed E-state index contributed by atoms with van der Waals surface area (Å²) in [6, 6.07) is 0. The largest absolute Gasteiger partial charge is 0.481 e. The normalized spacial score (nSPS) is 23.3. The number of hydrogen-bond acceptors (Lipinski definition) is 5. The summed E-state index contributed by atoms with van der Waals surface area (Å²) >= 11 is 0. The number of carboxylic acids is 2. The van der Waals surface area contributed by atoms with Gasteiger partial charge in [0.2, 0.25) is 0 Å². The smallest absolute Gasteiger partial charge is 0.308 e. The van der Waals surface area contributed by atoms with Gasteiger partial charge in [-0.2, -0.15) is 0 Å². The minimum absolute atomic E-state index is 0.0598. The van der Waals surface area contributed by atoms with E-state index in [0.29, 0.717) is 18.8 Å². The van der Waals surface area contributed by atoms with Crippen molar-refractivity contribution in [3.63, 3.8) is 0 Å². The molecule has 0 spiro atoms. The summed E-state index contributed by atoms with van der Waals surface area (Å²) in [6.45, 7) is 11.6. The Hall–Kier alpha value is -1.89. The molecule has 1 aliphatic rings. The average Bonchev–Trinajstić information content (AvgIpc) is 3.03. The number of esters is 1. The van der Waals surface area contributed by atoms with Crippen LogP contribution in [-0.4, -0.2) is 46.4 Å². The highest BCUT2D eigenvalue weighted by Crippen LogP contribution is 2.31. The molecule has 0 amide bonds. The van der Waals surface area contributed by atoms with Crippen LogP contribution in [0.15, 0.2) is 12.2 Å². The number of carboxylic acid groups (broad SMARTS) is 2. The first-order chi connectivity index (χ1) is 15.0. The standard InChI is InChI=1S/C25H42O7/c1-6-9-20(13-16(2)12-19(5)24(28)29)32-25(30)17(3)10-7-8-11-22-18(4)14-21(31-22)15-23(26)27/h17-22H,2,6-15H2,1,3-5H3,(H,26,27)(H,28,29)/t17-,18-,19+,20?,21+,22-/m0/s1. The third kappa shape index (κ3) is 10.6. The zero-order chi connectivity index (χ0) is 24.3. The van der Waals surface area contributed by atoms with Crippen LogP contribution < -0.4 is 0 Å². The summed E-state index contributed by atoms with van der Waals surface area (Å²) < 4.78 is 11.6. The molecule has 1 saturated heterocycles. The Morgan fingerprint density at radius 2 is 1.78 bits per heavy atom. The molecule has 0 saturated carbocycles. The van der Waals surface area contributed by atoms with E-state index in [9.17, 15) is 14.4 Å². The van der Waals surface area contributed by atoms with E-state index in [2.05, 4.69) is 13.5 Å². The summed E-state index contributed by atoms with van der Waals surface area (Å²) in [4.78, 5) is 34.5. The van der Waals surface area contributed by atoms with Gasteiger partial charge >= 0.3 is 17.9 Å². The Morgan fingerprint density at radius 1 is 1.09 bits per heavy atom. The van der Waals surface area contributed by atoms with Crippen molar-refractivity contribution in [1.29, 1.82) is 0 Å². The van der Waals surface area contributed by atoms with Crippen LogP contribution in [0.2, 0.25) is 0 Å². The molecule has 6 atom stereocenters. The second-order valence-electron chi connectivity index (χ2n) is 9.54. The van der Waals surface area contributed by atoms with Gasteiger partial charge in [-0.15, -0.1) is 0 Å². The lowest BCUT2D eigenvalue weighted by Gasteiger charge is -2.22. The van der Waals surface area contributed by atoms with E-state index in [4.69, 9.17) is 19.7 Å². The van der Waals surface area contributed by atoms with Gasteiger partial charge in [-0.1, -0.05) is 59.1 Å². The summed E-state index contributed by atoms with van der Waals surface area (Å²) in [6.07, 6.45) is 6.39. The Bertz CT molecular complexity index is 630. The Kier molecular flexibility index (Phi) is 12.6. The van der Waals surface area contributed by atoms with E-state index in [1.165, 1.54) is 0 Å². The van der Waals surface area contributed by atoms with Crippen molar-refractivity contribution < 1.29 is 34.1 Å². The lowest BCUT2D eigenvalue weighted by Crippen LogP contribution is -2.24. The summed E-state index contributed by atoms with van der Waals surface area (Å²) in [5.41, 5.74) is 0.797. The van der Waals surface area contributed by atoms with Gasteiger partial charge in [-0.3, -0.25) is 14.4 Å². The number of unbranched alkanes of at least 4 members (excludes halogenated alkanes) is 1. The molecular weight excluding hydrogens is 412 g/mol. The topological polar surface area (TPSA) is 110 Å². The maximum Gasteiger partial charge on any atom is 0.308 e. The highest BCUT2D eigenvalue weighted by molar-refractivity contribution is 5.72. The molecule has 0 radical (unpaired) electrons. The van der Waals surface area contributed by atoms with Crippen LogP contribution in [0.5, 0.6) is 0 Å². The predicted octanol–water partition coefficient (Wildman–Crippen LogP) is 5.22. The zero-order valence-electron chi connectivity index (χ0n) is 20.2. The predicted molar refractivity (Wildman–Crippen MR) is 122 cm³/mol. The summed E-state index contributed by atoms with van der Waals surface area (Å²) in [7, 11) is 0. The zero-order valence-corrected chi connectivity index (χ0v) is 20.2. The first-order valence-electron chi connectivity index (χ1n) is 12.0. The van der Waals surface area contributed by atoms with Crippen LogP contribution in [-0.2, 0) is 23.9 Å². The van der Waals surface area contributed by atoms with Gasteiger partial charge in [-0.05, 0) is 38.0 Å². The molecule has 1 fully saturated rings. The number of rotatable bonds is 16. The van der Waals surface area contributed by atoms with Crippen molar-refractivity contribution in [1.82, 2.24) is 0 Å². The molecule has 32 heavy (non-hydrogen) atoms. The Morgan fingerprint density at radius 3 is 2.38 bits per heavy atom. The maximum absolute atomic E-state index is 12.6. The van der Waals surface area contributed by atoms with Gasteiger partial charge in [0.15, 0.2) is 0 Å². The fourth-order valence-electron chi connectivity index (χ4n) is 4.33. The van der Waals surface area contributed by atoms with E-state index in [0.717, 1.165) is 50.5 Å². The third-order valence-electron chi connectivity index (χ3n) is 6.24.